The van der Waals surface area contributed by atoms with Crippen molar-refractivity contribution in [3.8, 4) is 5.75 Å². The maximum Gasteiger partial charge on any atom is 0.340 e. The van der Waals surface area contributed by atoms with E-state index in [0.29, 0.717) is 43.0 Å². The molecule has 2 aliphatic rings. The number of Topliss-reactive ketones (excluding diaryl/α,β-unsaturated/α-hetero) is 1. The van der Waals surface area contributed by atoms with Crippen LogP contribution in [0.15, 0.2) is 47.1 Å². The van der Waals surface area contributed by atoms with Gasteiger partial charge in [-0.1, -0.05) is 31.5 Å². The fraction of sp³-hybridized carbons (Fsp3) is 0.455. The monoisotopic (exact) mass is 385 g/mol. The summed E-state index contributed by atoms with van der Waals surface area (Å²) in [5, 5.41) is 0. The van der Waals surface area contributed by atoms with Gasteiger partial charge in [-0.25, -0.2) is 4.79 Å². The molecule has 2 N–H and O–H groups in total. The average molecular weight is 385 g/mol. The second-order valence-electron chi connectivity index (χ2n) is 6.89. The molecule has 1 atom stereocenters. The first-order chi connectivity index (χ1) is 13.6. The molecule has 3 rings (SSSR count). The number of nitrogens with two attached hydrogens (primary N) is 1. The van der Waals surface area contributed by atoms with Crippen LogP contribution in [0.5, 0.6) is 5.75 Å². The SMILES string of the molecule is CCCCOc1ccccc1[C@@H]1C(C(=O)OCC)=C(N)OC2=C1C(=O)CCC2. The van der Waals surface area contributed by atoms with E-state index >= 15 is 0 Å². The number of allylic oxidation sites excluding steroid dienone is 2. The van der Waals surface area contributed by atoms with E-state index in [0.717, 1.165) is 18.4 Å². The lowest BCUT2D eigenvalue weighted by Crippen LogP contribution is -2.31. The summed E-state index contributed by atoms with van der Waals surface area (Å²) in [6, 6.07) is 7.46. The minimum absolute atomic E-state index is 0.000242. The number of benzene rings is 1. The Balaban J connectivity index is 2.11. The van der Waals surface area contributed by atoms with Crippen LogP contribution in [0.3, 0.4) is 0 Å². The van der Waals surface area contributed by atoms with E-state index in [1.54, 1.807) is 6.92 Å². The third-order valence-corrected chi connectivity index (χ3v) is 4.97. The number of ketones is 1. The largest absolute Gasteiger partial charge is 0.493 e. The first-order valence-electron chi connectivity index (χ1n) is 9.91. The lowest BCUT2D eigenvalue weighted by molar-refractivity contribution is -0.139. The number of carbonyl (C=O) groups excluding carboxylic acids is 2. The molecule has 0 aromatic heterocycles. The molecule has 0 fully saturated rings. The standard InChI is InChI=1S/C22H27NO5/c1-3-5-13-27-16-11-7-6-9-14(16)18-19-15(24)10-8-12-17(19)28-21(23)20(18)22(25)26-4-2/h6-7,9,11,18H,3-5,8,10,12-13,23H2,1-2H3/t18-/m0/s1. The Kier molecular flexibility index (Phi) is 6.39. The fourth-order valence-corrected chi connectivity index (χ4v) is 3.65. The molecule has 0 amide bonds. The van der Waals surface area contributed by atoms with Crippen molar-refractivity contribution in [1.29, 1.82) is 0 Å². The van der Waals surface area contributed by atoms with Crippen LogP contribution in [0, 0.1) is 0 Å². The third-order valence-electron chi connectivity index (χ3n) is 4.97. The van der Waals surface area contributed by atoms with Gasteiger partial charge in [0.2, 0.25) is 5.88 Å². The molecule has 0 radical (unpaired) electrons. The smallest absolute Gasteiger partial charge is 0.340 e. The van der Waals surface area contributed by atoms with Crippen molar-refractivity contribution in [2.75, 3.05) is 13.2 Å². The molecule has 0 saturated carbocycles. The summed E-state index contributed by atoms with van der Waals surface area (Å²) in [4.78, 5) is 25.6. The molecule has 6 heteroatoms. The van der Waals surface area contributed by atoms with Crippen LogP contribution in [0.25, 0.3) is 0 Å². The summed E-state index contributed by atoms with van der Waals surface area (Å²) in [7, 11) is 0. The van der Waals surface area contributed by atoms with Gasteiger partial charge in [0.15, 0.2) is 5.78 Å². The fourth-order valence-electron chi connectivity index (χ4n) is 3.65. The predicted octanol–water partition coefficient (Wildman–Crippen LogP) is 3.72. The number of para-hydroxylation sites is 1. The number of rotatable bonds is 7. The number of ether oxygens (including phenoxy) is 3. The Hall–Kier alpha value is -2.76. The number of esters is 1. The first-order valence-corrected chi connectivity index (χ1v) is 9.91. The Morgan fingerprint density at radius 2 is 2.04 bits per heavy atom. The van der Waals surface area contributed by atoms with E-state index in [1.807, 2.05) is 24.3 Å². The van der Waals surface area contributed by atoms with Crippen LogP contribution in [-0.2, 0) is 19.1 Å². The van der Waals surface area contributed by atoms with Gasteiger partial charge >= 0.3 is 5.97 Å². The predicted molar refractivity (Wildman–Crippen MR) is 104 cm³/mol. The quantitative estimate of drug-likeness (QED) is 0.568. The van der Waals surface area contributed by atoms with E-state index < -0.39 is 11.9 Å². The molecule has 0 unspecified atom stereocenters. The van der Waals surface area contributed by atoms with Crippen LogP contribution >= 0.6 is 0 Å². The van der Waals surface area contributed by atoms with E-state index in [1.165, 1.54) is 0 Å². The Labute approximate surface area is 165 Å². The average Bonchev–Trinajstić information content (AvgIpc) is 2.68. The highest BCUT2D eigenvalue weighted by atomic mass is 16.5. The molecule has 6 nitrogen and oxygen atoms in total. The molecule has 1 heterocycles. The van der Waals surface area contributed by atoms with Crippen molar-refractivity contribution < 1.29 is 23.8 Å². The van der Waals surface area contributed by atoms with Gasteiger partial charge in [0.1, 0.15) is 17.1 Å². The molecule has 1 aromatic rings. The molecule has 28 heavy (non-hydrogen) atoms. The zero-order valence-corrected chi connectivity index (χ0v) is 16.5. The van der Waals surface area contributed by atoms with Gasteiger partial charge in [-0.15, -0.1) is 0 Å². The van der Waals surface area contributed by atoms with E-state index in [2.05, 4.69) is 6.92 Å². The minimum Gasteiger partial charge on any atom is -0.493 e. The summed E-state index contributed by atoms with van der Waals surface area (Å²) >= 11 is 0. The molecule has 1 aromatic carbocycles. The number of unbranched alkanes of at least 4 members (excludes halogenated alkanes) is 1. The van der Waals surface area contributed by atoms with Crippen LogP contribution < -0.4 is 10.5 Å². The molecular formula is C22H27NO5. The van der Waals surface area contributed by atoms with Crippen LogP contribution in [0.4, 0.5) is 0 Å². The molecular weight excluding hydrogens is 358 g/mol. The van der Waals surface area contributed by atoms with Crippen LogP contribution in [0.1, 0.15) is 57.4 Å². The van der Waals surface area contributed by atoms with Crippen molar-refractivity contribution in [3.63, 3.8) is 0 Å². The van der Waals surface area contributed by atoms with Crippen molar-refractivity contribution >= 4 is 11.8 Å². The molecule has 0 spiro atoms. The van der Waals surface area contributed by atoms with Gasteiger partial charge in [0, 0.05) is 24.0 Å². The Morgan fingerprint density at radius 3 is 2.79 bits per heavy atom. The van der Waals surface area contributed by atoms with Gasteiger partial charge in [0.05, 0.1) is 19.1 Å². The van der Waals surface area contributed by atoms with E-state index in [9.17, 15) is 9.59 Å². The summed E-state index contributed by atoms with van der Waals surface area (Å²) in [6.45, 7) is 4.58. The molecule has 0 bridgehead atoms. The van der Waals surface area contributed by atoms with Crippen molar-refractivity contribution in [2.24, 2.45) is 5.73 Å². The third kappa shape index (κ3) is 3.91. The summed E-state index contributed by atoms with van der Waals surface area (Å²) in [5.41, 5.74) is 7.53. The second-order valence-corrected chi connectivity index (χ2v) is 6.89. The molecule has 0 saturated heterocycles. The molecule has 1 aliphatic carbocycles. The van der Waals surface area contributed by atoms with Gasteiger partial charge in [0.25, 0.3) is 0 Å². The maximum atomic E-state index is 12.8. The first kappa shape index (κ1) is 20.0. The maximum absolute atomic E-state index is 12.8. The van der Waals surface area contributed by atoms with Crippen molar-refractivity contribution in [2.45, 2.75) is 51.9 Å². The molecule has 1 aliphatic heterocycles. The molecule has 150 valence electrons. The number of carbonyl (C=O) groups is 2. The zero-order chi connectivity index (χ0) is 20.1. The summed E-state index contributed by atoms with van der Waals surface area (Å²) in [6.07, 6.45) is 3.67. The van der Waals surface area contributed by atoms with Crippen molar-refractivity contribution in [3.05, 3.63) is 52.6 Å². The van der Waals surface area contributed by atoms with Gasteiger partial charge in [-0.05, 0) is 25.8 Å². The number of hydrogen-bond acceptors (Lipinski definition) is 6. The Bertz CT molecular complexity index is 824. The highest BCUT2D eigenvalue weighted by Crippen LogP contribution is 2.46. The normalized spacial score (nSPS) is 19.2. The summed E-state index contributed by atoms with van der Waals surface area (Å²) < 4.78 is 16.9. The lowest BCUT2D eigenvalue weighted by atomic mass is 9.77. The van der Waals surface area contributed by atoms with Gasteiger partial charge in [-0.3, -0.25) is 4.79 Å². The van der Waals surface area contributed by atoms with E-state index in [-0.39, 0.29) is 23.8 Å². The Morgan fingerprint density at radius 1 is 1.25 bits per heavy atom. The van der Waals surface area contributed by atoms with Crippen molar-refractivity contribution in [1.82, 2.24) is 0 Å². The minimum atomic E-state index is -0.645. The van der Waals surface area contributed by atoms with Gasteiger partial charge < -0.3 is 19.9 Å². The van der Waals surface area contributed by atoms with Gasteiger partial charge in [-0.2, -0.15) is 0 Å². The second kappa shape index (κ2) is 8.95. The highest BCUT2D eigenvalue weighted by Gasteiger charge is 2.42. The van der Waals surface area contributed by atoms with Crippen LogP contribution in [0.2, 0.25) is 0 Å². The summed E-state index contributed by atoms with van der Waals surface area (Å²) in [5.74, 6) is -0.0475. The highest BCUT2D eigenvalue weighted by molar-refractivity contribution is 6.03. The van der Waals surface area contributed by atoms with E-state index in [4.69, 9.17) is 19.9 Å². The zero-order valence-electron chi connectivity index (χ0n) is 16.5. The van der Waals surface area contributed by atoms with Crippen LogP contribution in [-0.4, -0.2) is 25.0 Å². The lowest BCUT2D eigenvalue weighted by Gasteiger charge is -2.33. The topological polar surface area (TPSA) is 87.8 Å². The number of hydrogen-bond donors (Lipinski definition) is 1.